The maximum atomic E-state index is 13.5. The molecule has 2 unspecified atom stereocenters. The Bertz CT molecular complexity index is 1560. The number of imidazole rings is 1. The van der Waals surface area contributed by atoms with Crippen LogP contribution in [0.25, 0.3) is 11.2 Å². The molecule has 2 aliphatic carbocycles. The molecule has 21 heteroatoms. The van der Waals surface area contributed by atoms with Crippen LogP contribution in [-0.2, 0) is 39.9 Å². The Hall–Kier alpha value is -1.52. The second-order valence-electron chi connectivity index (χ2n) is 10.3. The number of aryl methyl sites for hydroxylation is 1. The topological polar surface area (TPSA) is 262 Å². The Balaban J connectivity index is 1.64. The number of phosphoric acid groups is 3. The van der Waals surface area contributed by atoms with Crippen LogP contribution < -0.4 is 11.2 Å². The molecule has 0 bridgehead atoms. The Morgan fingerprint density at radius 2 is 1.59 bits per heavy atom. The molecule has 232 valence electrons. The van der Waals surface area contributed by atoms with E-state index in [4.69, 9.17) is 14.3 Å². The summed E-state index contributed by atoms with van der Waals surface area (Å²) in [6.45, 7) is 3.56. The molecule has 18 nitrogen and oxygen atoms in total. The second-order valence-corrected chi connectivity index (χ2v) is 14.7. The molecule has 2 heterocycles. The summed E-state index contributed by atoms with van der Waals surface area (Å²) in [5, 5.41) is 21.9. The minimum Gasteiger partial charge on any atom is -0.390 e. The van der Waals surface area contributed by atoms with Crippen LogP contribution in [0.15, 0.2) is 15.9 Å². The lowest BCUT2D eigenvalue weighted by Crippen LogP contribution is -2.41. The Morgan fingerprint density at radius 1 is 0.976 bits per heavy atom. The third-order valence-electron chi connectivity index (χ3n) is 7.50. The van der Waals surface area contributed by atoms with Crippen molar-refractivity contribution in [1.29, 1.82) is 0 Å². The molecule has 2 saturated carbocycles. The number of hydrogen-bond donors (Lipinski definition) is 6. The van der Waals surface area contributed by atoms with Gasteiger partial charge in [0.2, 0.25) is 0 Å². The lowest BCUT2D eigenvalue weighted by molar-refractivity contribution is -0.0297. The summed E-state index contributed by atoms with van der Waals surface area (Å²) >= 11 is 0. The molecule has 0 aliphatic heterocycles. The van der Waals surface area contributed by atoms with Crippen LogP contribution in [0.2, 0.25) is 0 Å². The van der Waals surface area contributed by atoms with E-state index in [0.29, 0.717) is 19.4 Å². The first-order valence-corrected chi connectivity index (χ1v) is 17.4. The maximum absolute atomic E-state index is 13.5. The number of nitrogens with zero attached hydrogens (tertiary/aromatic N) is 4. The number of unbranched alkanes of at least 4 members (excludes halogenated alkanes) is 2. The van der Waals surface area contributed by atoms with Gasteiger partial charge in [0, 0.05) is 18.5 Å². The van der Waals surface area contributed by atoms with Gasteiger partial charge in [-0.25, -0.2) is 23.5 Å². The predicted molar refractivity (Wildman–Crippen MR) is 139 cm³/mol. The molecular formula is C20H33N4O14P3. The van der Waals surface area contributed by atoms with Gasteiger partial charge in [-0.3, -0.25) is 18.5 Å². The highest BCUT2D eigenvalue weighted by Crippen LogP contribution is 2.71. The van der Waals surface area contributed by atoms with Gasteiger partial charge in [-0.05, 0) is 25.2 Å². The number of rotatable bonds is 14. The summed E-state index contributed by atoms with van der Waals surface area (Å²) in [7, 11) is -16.8. The molecule has 2 aromatic heterocycles. The van der Waals surface area contributed by atoms with Crippen molar-refractivity contribution < 1.29 is 56.6 Å². The lowest BCUT2D eigenvalue weighted by Gasteiger charge is -2.25. The number of aliphatic hydroxyl groups excluding tert-OH is 2. The smallest absolute Gasteiger partial charge is 0.390 e. The second kappa shape index (κ2) is 11.5. The minimum absolute atomic E-state index is 0.0450. The van der Waals surface area contributed by atoms with E-state index in [0.717, 1.165) is 17.4 Å². The highest BCUT2D eigenvalue weighted by atomic mass is 31.3. The van der Waals surface area contributed by atoms with Crippen LogP contribution >= 0.6 is 23.5 Å². The maximum Gasteiger partial charge on any atom is 0.490 e. The SMILES string of the molecule is CCCCn1c(=O)c2c(ncn2[C@H]2[C@H](O)[C@H](O)[C@@]3(COP(=O)(O)OP(=O)(O)OP(=O)(O)O)C[C@@H]23)n(CCCC)c1=O. The lowest BCUT2D eigenvalue weighted by atomic mass is 10.0. The van der Waals surface area contributed by atoms with E-state index < -0.39 is 70.9 Å². The number of phosphoric ester groups is 1. The van der Waals surface area contributed by atoms with E-state index in [1.165, 1.54) is 15.5 Å². The summed E-state index contributed by atoms with van der Waals surface area (Å²) in [4.78, 5) is 67.5. The summed E-state index contributed by atoms with van der Waals surface area (Å²) in [5.41, 5.74) is -2.29. The fourth-order valence-corrected chi connectivity index (χ4v) is 8.59. The van der Waals surface area contributed by atoms with E-state index in [1.807, 2.05) is 13.8 Å². The quantitative estimate of drug-likeness (QED) is 0.153. The molecule has 2 fully saturated rings. The largest absolute Gasteiger partial charge is 0.490 e. The molecule has 2 aromatic rings. The third-order valence-corrected chi connectivity index (χ3v) is 11.3. The van der Waals surface area contributed by atoms with Crippen LogP contribution in [-0.4, -0.2) is 67.3 Å². The monoisotopic (exact) mass is 646 g/mol. The van der Waals surface area contributed by atoms with Gasteiger partial charge in [-0.15, -0.1) is 0 Å². The van der Waals surface area contributed by atoms with Gasteiger partial charge in [0.25, 0.3) is 5.56 Å². The molecular weight excluding hydrogens is 613 g/mol. The van der Waals surface area contributed by atoms with E-state index in [1.54, 1.807) is 0 Å². The van der Waals surface area contributed by atoms with E-state index in [2.05, 4.69) is 13.6 Å². The van der Waals surface area contributed by atoms with E-state index in [9.17, 15) is 43.3 Å². The predicted octanol–water partition coefficient (Wildman–Crippen LogP) is 0.586. The molecule has 6 N–H and O–H groups in total. The van der Waals surface area contributed by atoms with Crippen LogP contribution in [0.3, 0.4) is 0 Å². The highest BCUT2D eigenvalue weighted by Gasteiger charge is 2.72. The summed E-state index contributed by atoms with van der Waals surface area (Å²) < 4.78 is 50.8. The van der Waals surface area contributed by atoms with Gasteiger partial charge in [0.15, 0.2) is 11.2 Å². The molecule has 7 atom stereocenters. The Kier molecular flexibility index (Phi) is 9.11. The van der Waals surface area contributed by atoms with Crippen molar-refractivity contribution in [2.75, 3.05) is 6.61 Å². The van der Waals surface area contributed by atoms with Crippen LogP contribution in [0, 0.1) is 11.3 Å². The molecule has 41 heavy (non-hydrogen) atoms. The first-order chi connectivity index (χ1) is 19.0. The van der Waals surface area contributed by atoms with Crippen molar-refractivity contribution in [2.45, 2.75) is 77.3 Å². The molecule has 0 saturated heterocycles. The normalized spacial score (nSPS) is 28.9. The van der Waals surface area contributed by atoms with Gasteiger partial charge in [-0.2, -0.15) is 8.62 Å². The molecule has 4 rings (SSSR count). The molecule has 0 amide bonds. The third kappa shape index (κ3) is 6.40. The van der Waals surface area contributed by atoms with Crippen molar-refractivity contribution >= 4 is 34.6 Å². The van der Waals surface area contributed by atoms with Gasteiger partial charge in [-0.1, -0.05) is 26.7 Å². The zero-order chi connectivity index (χ0) is 30.5. The fourth-order valence-electron chi connectivity index (χ4n) is 5.49. The standard InChI is InChI=1S/C20H33N4O14P3/c1-3-5-7-22-17-14(18(27)23(19(22)28)8-6-4-2)24(11-21-17)13-12-9-20(12,16(26)15(13)25)10-36-40(32,33)38-41(34,35)37-39(29,30)31/h11-13,15-16,25-26H,3-10H2,1-2H3,(H,32,33)(H,34,35)(H2,29,30,31)/t12-,13+,15-,16-,20+/m0/s1. The highest BCUT2D eigenvalue weighted by molar-refractivity contribution is 7.66. The zero-order valence-corrected chi connectivity index (χ0v) is 24.8. The minimum atomic E-state index is -5.74. The summed E-state index contributed by atoms with van der Waals surface area (Å²) in [6.07, 6.45) is 1.08. The average molecular weight is 646 g/mol. The van der Waals surface area contributed by atoms with Crippen LogP contribution in [0.4, 0.5) is 0 Å². The van der Waals surface area contributed by atoms with Crippen molar-refractivity contribution in [3.8, 4) is 0 Å². The van der Waals surface area contributed by atoms with Crippen molar-refractivity contribution in [1.82, 2.24) is 18.7 Å². The summed E-state index contributed by atoms with van der Waals surface area (Å²) in [6, 6.07) is -0.955. The van der Waals surface area contributed by atoms with Gasteiger partial charge in [0.05, 0.1) is 25.1 Å². The van der Waals surface area contributed by atoms with Gasteiger partial charge < -0.3 is 34.4 Å². The van der Waals surface area contributed by atoms with Gasteiger partial charge in [0.1, 0.15) is 6.10 Å². The number of fused-ring (bicyclic) bond motifs is 2. The average Bonchev–Trinajstić information content (AvgIpc) is 3.33. The first-order valence-electron chi connectivity index (χ1n) is 12.8. The van der Waals surface area contributed by atoms with Crippen molar-refractivity contribution in [3.05, 3.63) is 27.2 Å². The number of aromatic nitrogens is 4. The fraction of sp³-hybridized carbons (Fsp3) is 0.750. The molecule has 0 aromatic carbocycles. The van der Waals surface area contributed by atoms with E-state index in [-0.39, 0.29) is 24.1 Å². The van der Waals surface area contributed by atoms with Crippen LogP contribution in [0.1, 0.15) is 52.0 Å². The van der Waals surface area contributed by atoms with Gasteiger partial charge >= 0.3 is 29.2 Å². The molecule has 0 spiro atoms. The van der Waals surface area contributed by atoms with Crippen LogP contribution in [0.5, 0.6) is 0 Å². The molecule has 2 aliphatic rings. The molecule has 0 radical (unpaired) electrons. The number of aliphatic hydroxyl groups is 2. The Labute approximate surface area is 232 Å². The zero-order valence-electron chi connectivity index (χ0n) is 22.1. The number of hydrogen-bond acceptors (Lipinski definition) is 11. The first kappa shape index (κ1) is 32.4. The van der Waals surface area contributed by atoms with Crippen molar-refractivity contribution in [2.24, 2.45) is 11.3 Å². The summed E-state index contributed by atoms with van der Waals surface area (Å²) in [5.74, 6) is -0.628. The Morgan fingerprint density at radius 3 is 2.17 bits per heavy atom. The van der Waals surface area contributed by atoms with E-state index >= 15 is 0 Å². The van der Waals surface area contributed by atoms with Crippen molar-refractivity contribution in [3.63, 3.8) is 0 Å².